The molecule has 3 N–H and O–H groups in total. The number of likely N-dealkylation sites (N-methyl/N-ethyl adjacent to an activating group) is 1. The van der Waals surface area contributed by atoms with Gasteiger partial charge in [0.1, 0.15) is 10.5 Å². The van der Waals surface area contributed by atoms with Crippen molar-refractivity contribution < 1.29 is 22.7 Å². The van der Waals surface area contributed by atoms with E-state index in [9.17, 15) is 18.0 Å². The largest absolute Gasteiger partial charge is 0.477 e. The van der Waals surface area contributed by atoms with E-state index >= 15 is 0 Å². The van der Waals surface area contributed by atoms with Gasteiger partial charge in [0, 0.05) is 32.7 Å². The maximum Gasteiger partial charge on any atom is 0.273 e. The van der Waals surface area contributed by atoms with Crippen molar-refractivity contribution in [2.45, 2.75) is 45.9 Å². The number of pyridine rings is 1. The van der Waals surface area contributed by atoms with Crippen LogP contribution < -0.4 is 15.4 Å². The zero-order valence-electron chi connectivity index (χ0n) is 22.1. The second-order valence-corrected chi connectivity index (χ2v) is 11.1. The molecule has 0 saturated carbocycles. The molecule has 0 bridgehead atoms. The van der Waals surface area contributed by atoms with Crippen LogP contribution in [0.15, 0.2) is 17.2 Å². The highest BCUT2D eigenvalue weighted by Crippen LogP contribution is 2.26. The van der Waals surface area contributed by atoms with Gasteiger partial charge in [0.2, 0.25) is 15.9 Å². The summed E-state index contributed by atoms with van der Waals surface area (Å²) in [6.45, 7) is 13.1. The van der Waals surface area contributed by atoms with Crippen LogP contribution in [0.3, 0.4) is 0 Å². The summed E-state index contributed by atoms with van der Waals surface area (Å²) < 4.78 is 33.6. The molecule has 0 unspecified atom stereocenters. The summed E-state index contributed by atoms with van der Waals surface area (Å²) in [5.74, 6) is -0.841. The summed E-state index contributed by atoms with van der Waals surface area (Å²) in [6, 6.07) is 1.28. The summed E-state index contributed by atoms with van der Waals surface area (Å²) in [7, 11) is -3.87. The minimum atomic E-state index is -3.87. The normalized spacial score (nSPS) is 15.1. The van der Waals surface area contributed by atoms with E-state index in [0.29, 0.717) is 44.8 Å². The van der Waals surface area contributed by atoms with E-state index < -0.39 is 21.8 Å². The molecule has 0 spiro atoms. The van der Waals surface area contributed by atoms with Crippen LogP contribution in [0.5, 0.6) is 5.88 Å². The molecule has 37 heavy (non-hydrogen) atoms. The van der Waals surface area contributed by atoms with Crippen LogP contribution in [-0.2, 0) is 16.4 Å². The van der Waals surface area contributed by atoms with Crippen molar-refractivity contribution in [3.63, 3.8) is 0 Å². The molecule has 12 nitrogen and oxygen atoms in total. The fraction of sp³-hybridized carbons (Fsp3) is 0.583. The number of piperazine rings is 1. The van der Waals surface area contributed by atoms with Gasteiger partial charge < -0.3 is 20.3 Å². The molecule has 0 radical (unpaired) electrons. The Labute approximate surface area is 218 Å². The lowest BCUT2D eigenvalue weighted by Gasteiger charge is -2.33. The second-order valence-electron chi connectivity index (χ2n) is 9.13. The van der Waals surface area contributed by atoms with Crippen LogP contribution in [-0.4, -0.2) is 90.5 Å². The Kier molecular flexibility index (Phi) is 9.62. The zero-order valence-corrected chi connectivity index (χ0v) is 22.9. The third-order valence-electron chi connectivity index (χ3n) is 6.09. The van der Waals surface area contributed by atoms with Crippen molar-refractivity contribution in [2.24, 2.45) is 5.92 Å². The van der Waals surface area contributed by atoms with Gasteiger partial charge in [-0.1, -0.05) is 27.7 Å². The van der Waals surface area contributed by atoms with Gasteiger partial charge in [-0.25, -0.2) is 13.4 Å². The number of hydrogen-bond acceptors (Lipinski definition) is 8. The van der Waals surface area contributed by atoms with Crippen LogP contribution in [0.1, 0.15) is 61.2 Å². The number of H-pyrrole nitrogens is 1. The van der Waals surface area contributed by atoms with E-state index in [1.54, 1.807) is 6.92 Å². The first-order chi connectivity index (χ1) is 17.6. The molecule has 1 fully saturated rings. The minimum Gasteiger partial charge on any atom is -0.477 e. The van der Waals surface area contributed by atoms with E-state index in [1.807, 2.05) is 27.7 Å². The molecular formula is C24H37N7O5S. The van der Waals surface area contributed by atoms with Gasteiger partial charge in [-0.3, -0.25) is 14.7 Å². The van der Waals surface area contributed by atoms with Crippen LogP contribution in [0.25, 0.3) is 0 Å². The number of aromatic nitrogens is 3. The number of aryl methyl sites for hydroxylation is 1. The van der Waals surface area contributed by atoms with E-state index in [4.69, 9.17) is 4.74 Å². The smallest absolute Gasteiger partial charge is 0.273 e. The summed E-state index contributed by atoms with van der Waals surface area (Å²) in [5, 5.41) is 12.4. The number of sulfonamides is 1. The molecule has 204 valence electrons. The molecule has 0 atom stereocenters. The lowest BCUT2D eigenvalue weighted by molar-refractivity contribution is 0.0945. The highest BCUT2D eigenvalue weighted by atomic mass is 32.2. The molecule has 1 aliphatic heterocycles. The Balaban J connectivity index is 1.92. The van der Waals surface area contributed by atoms with Crippen molar-refractivity contribution in [1.29, 1.82) is 0 Å². The molecule has 3 rings (SSSR count). The molecule has 1 aliphatic rings. The third-order valence-corrected chi connectivity index (χ3v) is 7.95. The fourth-order valence-electron chi connectivity index (χ4n) is 3.92. The Morgan fingerprint density at radius 2 is 1.84 bits per heavy atom. The van der Waals surface area contributed by atoms with Gasteiger partial charge in [0.15, 0.2) is 5.69 Å². The van der Waals surface area contributed by atoms with Crippen molar-refractivity contribution in [3.8, 4) is 5.88 Å². The zero-order chi connectivity index (χ0) is 27.2. The first kappa shape index (κ1) is 28.5. The molecule has 2 amide bonds. The number of aromatic amines is 1. The van der Waals surface area contributed by atoms with Gasteiger partial charge in [0.05, 0.1) is 24.2 Å². The Bertz CT molecular complexity index is 1200. The van der Waals surface area contributed by atoms with Gasteiger partial charge >= 0.3 is 0 Å². The monoisotopic (exact) mass is 535 g/mol. The number of hydrogen-bond donors (Lipinski definition) is 3. The number of amides is 2. The third kappa shape index (κ3) is 6.65. The first-order valence-electron chi connectivity index (χ1n) is 12.6. The standard InChI is InChI=1S/C24H37N7O5S/c1-6-19-20(21(29-28-19)23(33)25-14-16(4)5)27-22(32)18-13-17(15-26-24(18)36-8-3)37(34,35)31-11-9-30(7-2)10-12-31/h13,15-16H,6-12,14H2,1-5H3,(H,25,33)(H,27,32)(H,28,29). The quantitative estimate of drug-likeness (QED) is 0.394. The molecule has 1 saturated heterocycles. The SMILES string of the molecule is CCOc1ncc(S(=O)(=O)N2CCN(CC)CC2)cc1C(=O)Nc1c(C(=O)NCC(C)C)n[nH]c1CC. The average molecular weight is 536 g/mol. The number of carbonyl (C=O) groups excluding carboxylic acids is 2. The number of nitrogens with zero attached hydrogens (tertiary/aromatic N) is 4. The molecule has 0 aliphatic carbocycles. The van der Waals surface area contributed by atoms with Gasteiger partial charge in [-0.05, 0) is 31.9 Å². The molecule has 13 heteroatoms. The summed E-state index contributed by atoms with van der Waals surface area (Å²) >= 11 is 0. The fourth-order valence-corrected chi connectivity index (χ4v) is 5.31. The minimum absolute atomic E-state index is 0.00195. The summed E-state index contributed by atoms with van der Waals surface area (Å²) in [6.07, 6.45) is 1.69. The Morgan fingerprint density at radius 1 is 1.14 bits per heavy atom. The van der Waals surface area contributed by atoms with Crippen molar-refractivity contribution >= 4 is 27.5 Å². The average Bonchev–Trinajstić information content (AvgIpc) is 3.29. The summed E-state index contributed by atoms with van der Waals surface area (Å²) in [5.41, 5.74) is 0.799. The highest BCUT2D eigenvalue weighted by molar-refractivity contribution is 7.89. The molecule has 2 aromatic rings. The van der Waals surface area contributed by atoms with E-state index in [0.717, 1.165) is 6.54 Å². The van der Waals surface area contributed by atoms with Crippen molar-refractivity contribution in [3.05, 3.63) is 29.2 Å². The molecule has 3 heterocycles. The van der Waals surface area contributed by atoms with E-state index in [2.05, 4.69) is 30.7 Å². The van der Waals surface area contributed by atoms with Crippen molar-refractivity contribution in [1.82, 2.24) is 29.7 Å². The predicted molar refractivity (Wildman–Crippen MR) is 139 cm³/mol. The molecular weight excluding hydrogens is 498 g/mol. The number of nitrogens with one attached hydrogen (secondary N) is 3. The Morgan fingerprint density at radius 3 is 2.43 bits per heavy atom. The topological polar surface area (TPSA) is 150 Å². The molecule has 2 aromatic heterocycles. The summed E-state index contributed by atoms with van der Waals surface area (Å²) in [4.78, 5) is 32.4. The van der Waals surface area contributed by atoms with E-state index in [1.165, 1.54) is 16.6 Å². The Hall–Kier alpha value is -3.03. The number of anilines is 1. The van der Waals surface area contributed by atoms with Crippen molar-refractivity contribution in [2.75, 3.05) is 51.2 Å². The highest BCUT2D eigenvalue weighted by Gasteiger charge is 2.31. The van der Waals surface area contributed by atoms with Crippen LogP contribution in [0, 0.1) is 5.92 Å². The van der Waals surface area contributed by atoms with Crippen LogP contribution >= 0.6 is 0 Å². The number of rotatable bonds is 11. The lowest BCUT2D eigenvalue weighted by atomic mass is 10.2. The maximum absolute atomic E-state index is 13.4. The predicted octanol–water partition coefficient (Wildman–Crippen LogP) is 1.73. The van der Waals surface area contributed by atoms with Gasteiger partial charge in [0.25, 0.3) is 11.8 Å². The van der Waals surface area contributed by atoms with Gasteiger partial charge in [-0.2, -0.15) is 9.40 Å². The van der Waals surface area contributed by atoms with Crippen LogP contribution in [0.2, 0.25) is 0 Å². The first-order valence-corrected chi connectivity index (χ1v) is 14.1. The maximum atomic E-state index is 13.4. The lowest BCUT2D eigenvalue weighted by Crippen LogP contribution is -2.48. The number of ether oxygens (including phenoxy) is 1. The molecule has 0 aromatic carbocycles. The second kappa shape index (κ2) is 12.5. The number of carbonyl (C=O) groups is 2. The van der Waals surface area contributed by atoms with Gasteiger partial charge in [-0.15, -0.1) is 0 Å². The van der Waals surface area contributed by atoms with E-state index in [-0.39, 0.29) is 40.2 Å². The van der Waals surface area contributed by atoms with Crippen LogP contribution in [0.4, 0.5) is 5.69 Å².